The van der Waals surface area contributed by atoms with Crippen molar-refractivity contribution in [1.82, 2.24) is 9.80 Å². The number of rotatable bonds is 4. The van der Waals surface area contributed by atoms with Crippen LogP contribution in [-0.2, 0) is 11.3 Å². The molecule has 1 atom stereocenters. The number of carbonyl (C=O) groups excluding carboxylic acids is 1. The van der Waals surface area contributed by atoms with Gasteiger partial charge in [0.25, 0.3) is 0 Å². The predicted octanol–water partition coefficient (Wildman–Crippen LogP) is 1.07. The quantitative estimate of drug-likeness (QED) is 0.882. The molecule has 1 fully saturated rings. The molecule has 4 nitrogen and oxygen atoms in total. The normalized spacial score (nSPS) is 21.5. The molecule has 19 heavy (non-hydrogen) atoms. The van der Waals surface area contributed by atoms with Crippen molar-refractivity contribution < 1.29 is 4.79 Å². The van der Waals surface area contributed by atoms with Gasteiger partial charge in [0.2, 0.25) is 5.91 Å². The van der Waals surface area contributed by atoms with Gasteiger partial charge in [0.05, 0.1) is 6.04 Å². The maximum atomic E-state index is 12.4. The molecule has 4 heteroatoms. The van der Waals surface area contributed by atoms with Crippen molar-refractivity contribution in [2.24, 2.45) is 5.73 Å². The maximum Gasteiger partial charge on any atom is 0.239 e. The third kappa shape index (κ3) is 3.55. The zero-order chi connectivity index (χ0) is 13.7. The Bertz CT molecular complexity index is 407. The first-order valence-electron chi connectivity index (χ1n) is 6.95. The fraction of sp³-hybridized carbons (Fsp3) is 0.533. The molecule has 1 aromatic carbocycles. The van der Waals surface area contributed by atoms with E-state index in [1.165, 1.54) is 5.56 Å². The van der Waals surface area contributed by atoms with Crippen molar-refractivity contribution >= 4 is 5.91 Å². The molecule has 2 N–H and O–H groups in total. The number of nitrogens with two attached hydrogens (primary N) is 1. The summed E-state index contributed by atoms with van der Waals surface area (Å²) in [7, 11) is 1.89. The van der Waals surface area contributed by atoms with Crippen LogP contribution in [0.4, 0.5) is 0 Å². The second-order valence-corrected chi connectivity index (χ2v) is 5.16. The van der Waals surface area contributed by atoms with Crippen molar-refractivity contribution in [3.05, 3.63) is 35.9 Å². The molecule has 104 valence electrons. The van der Waals surface area contributed by atoms with E-state index < -0.39 is 0 Å². The van der Waals surface area contributed by atoms with Gasteiger partial charge in [0.15, 0.2) is 0 Å². The molecule has 0 saturated carbocycles. The highest BCUT2D eigenvalue weighted by molar-refractivity contribution is 5.81. The highest BCUT2D eigenvalue weighted by atomic mass is 16.2. The summed E-state index contributed by atoms with van der Waals surface area (Å²) in [6.45, 7) is 3.17. The molecular formula is C15H23N3O. The van der Waals surface area contributed by atoms with E-state index in [4.69, 9.17) is 5.73 Å². The summed E-state index contributed by atoms with van der Waals surface area (Å²) >= 11 is 0. The van der Waals surface area contributed by atoms with Crippen molar-refractivity contribution in [2.45, 2.75) is 25.4 Å². The largest absolute Gasteiger partial charge is 0.344 e. The molecule has 2 rings (SSSR count). The first kappa shape index (κ1) is 14.0. The summed E-state index contributed by atoms with van der Waals surface area (Å²) in [4.78, 5) is 16.5. The standard InChI is InChI=1S/C15H23N3O/c1-17-10-5-11-18(14(8-9-16)15(17)19)12-13-6-3-2-4-7-13/h2-4,6-7,14H,5,8-12,16H2,1H3. The Morgan fingerprint density at radius 1 is 1.26 bits per heavy atom. The minimum atomic E-state index is -0.0716. The Kier molecular flexibility index (Phi) is 4.93. The van der Waals surface area contributed by atoms with Gasteiger partial charge in [-0.15, -0.1) is 0 Å². The highest BCUT2D eigenvalue weighted by Crippen LogP contribution is 2.16. The Morgan fingerprint density at radius 3 is 2.68 bits per heavy atom. The van der Waals surface area contributed by atoms with E-state index in [9.17, 15) is 4.79 Å². The molecule has 0 spiro atoms. The second kappa shape index (κ2) is 6.68. The van der Waals surface area contributed by atoms with Gasteiger partial charge in [-0.2, -0.15) is 0 Å². The average Bonchev–Trinajstić information content (AvgIpc) is 2.55. The first-order valence-corrected chi connectivity index (χ1v) is 6.95. The van der Waals surface area contributed by atoms with Gasteiger partial charge >= 0.3 is 0 Å². The van der Waals surface area contributed by atoms with Crippen LogP contribution in [0.2, 0.25) is 0 Å². The summed E-state index contributed by atoms with van der Waals surface area (Å²) < 4.78 is 0. The third-order valence-corrected chi connectivity index (χ3v) is 3.71. The van der Waals surface area contributed by atoms with Crippen LogP contribution in [0.15, 0.2) is 30.3 Å². The lowest BCUT2D eigenvalue weighted by Gasteiger charge is -2.29. The summed E-state index contributed by atoms with van der Waals surface area (Å²) in [5.74, 6) is 0.207. The lowest BCUT2D eigenvalue weighted by atomic mass is 10.1. The summed E-state index contributed by atoms with van der Waals surface area (Å²) in [5.41, 5.74) is 6.93. The minimum Gasteiger partial charge on any atom is -0.344 e. The fourth-order valence-electron chi connectivity index (χ4n) is 2.66. The van der Waals surface area contributed by atoms with Gasteiger partial charge in [-0.25, -0.2) is 0 Å². The van der Waals surface area contributed by atoms with Crippen molar-refractivity contribution in [1.29, 1.82) is 0 Å². The number of nitrogens with zero attached hydrogens (tertiary/aromatic N) is 2. The molecule has 1 aliphatic rings. The molecule has 0 aliphatic carbocycles. The van der Waals surface area contributed by atoms with E-state index in [2.05, 4.69) is 17.0 Å². The van der Waals surface area contributed by atoms with Gasteiger partial charge in [-0.1, -0.05) is 30.3 Å². The molecule has 1 unspecified atom stereocenters. The molecule has 1 heterocycles. The van der Waals surface area contributed by atoms with Crippen LogP contribution in [-0.4, -0.2) is 48.4 Å². The Hall–Kier alpha value is -1.39. The lowest BCUT2D eigenvalue weighted by Crippen LogP contribution is -2.45. The minimum absolute atomic E-state index is 0.0716. The number of hydrogen-bond acceptors (Lipinski definition) is 3. The molecule has 0 radical (unpaired) electrons. The SMILES string of the molecule is CN1CCCN(Cc2ccccc2)C(CCN)C1=O. The van der Waals surface area contributed by atoms with Gasteiger partial charge < -0.3 is 10.6 Å². The monoisotopic (exact) mass is 261 g/mol. The Morgan fingerprint density at radius 2 is 2.00 bits per heavy atom. The van der Waals surface area contributed by atoms with Crippen LogP contribution in [0.25, 0.3) is 0 Å². The van der Waals surface area contributed by atoms with Crippen molar-refractivity contribution in [3.8, 4) is 0 Å². The van der Waals surface area contributed by atoms with E-state index in [1.54, 1.807) is 0 Å². The summed E-state index contributed by atoms with van der Waals surface area (Å²) in [5, 5.41) is 0. The summed E-state index contributed by atoms with van der Waals surface area (Å²) in [6.07, 6.45) is 1.76. The van der Waals surface area contributed by atoms with Gasteiger partial charge in [-0.3, -0.25) is 9.69 Å². The van der Waals surface area contributed by atoms with Gasteiger partial charge in [0, 0.05) is 26.7 Å². The Balaban J connectivity index is 2.13. The number of hydrogen-bond donors (Lipinski definition) is 1. The number of benzene rings is 1. The third-order valence-electron chi connectivity index (χ3n) is 3.71. The van der Waals surface area contributed by atoms with Crippen LogP contribution in [0, 0.1) is 0 Å². The molecule has 1 saturated heterocycles. The van der Waals surface area contributed by atoms with E-state index in [-0.39, 0.29) is 11.9 Å². The molecule has 0 aromatic heterocycles. The average molecular weight is 261 g/mol. The molecule has 1 aromatic rings. The predicted molar refractivity (Wildman–Crippen MR) is 76.6 cm³/mol. The number of amides is 1. The molecule has 1 amide bonds. The van der Waals surface area contributed by atoms with Crippen LogP contribution in [0.5, 0.6) is 0 Å². The zero-order valence-electron chi connectivity index (χ0n) is 11.6. The topological polar surface area (TPSA) is 49.6 Å². The number of likely N-dealkylation sites (N-methyl/N-ethyl adjacent to an activating group) is 1. The number of carbonyl (C=O) groups is 1. The first-order chi connectivity index (χ1) is 9.22. The highest BCUT2D eigenvalue weighted by Gasteiger charge is 2.30. The molecule has 0 bridgehead atoms. The Labute approximate surface area is 115 Å². The van der Waals surface area contributed by atoms with Crippen LogP contribution < -0.4 is 5.73 Å². The smallest absolute Gasteiger partial charge is 0.239 e. The van der Waals surface area contributed by atoms with E-state index >= 15 is 0 Å². The van der Waals surface area contributed by atoms with Crippen LogP contribution in [0.3, 0.4) is 0 Å². The summed E-state index contributed by atoms with van der Waals surface area (Å²) in [6, 6.07) is 10.2. The lowest BCUT2D eigenvalue weighted by molar-refractivity contribution is -0.134. The van der Waals surface area contributed by atoms with Crippen LogP contribution >= 0.6 is 0 Å². The van der Waals surface area contributed by atoms with Gasteiger partial charge in [-0.05, 0) is 24.9 Å². The van der Waals surface area contributed by atoms with Crippen molar-refractivity contribution in [3.63, 3.8) is 0 Å². The zero-order valence-corrected chi connectivity index (χ0v) is 11.6. The van der Waals surface area contributed by atoms with E-state index in [1.807, 2.05) is 30.1 Å². The van der Waals surface area contributed by atoms with Crippen molar-refractivity contribution in [2.75, 3.05) is 26.7 Å². The molecule has 1 aliphatic heterocycles. The second-order valence-electron chi connectivity index (χ2n) is 5.16. The maximum absolute atomic E-state index is 12.4. The van der Waals surface area contributed by atoms with E-state index in [0.29, 0.717) is 6.54 Å². The van der Waals surface area contributed by atoms with Crippen LogP contribution in [0.1, 0.15) is 18.4 Å². The fourth-order valence-corrected chi connectivity index (χ4v) is 2.66. The van der Waals surface area contributed by atoms with E-state index in [0.717, 1.165) is 32.5 Å². The van der Waals surface area contributed by atoms with Gasteiger partial charge in [0.1, 0.15) is 0 Å². The molecular weight excluding hydrogens is 238 g/mol.